The first-order valence-corrected chi connectivity index (χ1v) is 4.02. The number of hydrogen-bond acceptors (Lipinski definition) is 1. The van der Waals surface area contributed by atoms with Crippen LogP contribution in [0.15, 0.2) is 24.8 Å². The Morgan fingerprint density at radius 1 is 1.27 bits per heavy atom. The molecular formula is C10H16O. The lowest BCUT2D eigenvalue weighted by atomic mass is 10.2. The molecule has 0 amide bonds. The average molecular weight is 152 g/mol. The Kier molecular flexibility index (Phi) is 6.70. The van der Waals surface area contributed by atoms with Crippen molar-refractivity contribution in [3.8, 4) is 0 Å². The fraction of sp³-hybridized carbons (Fsp3) is 0.500. The van der Waals surface area contributed by atoms with Gasteiger partial charge in [-0.25, -0.2) is 0 Å². The first-order valence-electron chi connectivity index (χ1n) is 4.02. The number of Topliss-reactive ketones (excluding diaryl/α,β-unsaturated/α-hetero) is 1. The Labute approximate surface area is 68.8 Å². The minimum atomic E-state index is 0.262. The van der Waals surface area contributed by atoms with E-state index in [0.717, 1.165) is 19.3 Å². The molecule has 0 aromatic rings. The van der Waals surface area contributed by atoms with Crippen LogP contribution in [0.25, 0.3) is 0 Å². The Morgan fingerprint density at radius 3 is 2.45 bits per heavy atom. The molecule has 0 heterocycles. The van der Waals surface area contributed by atoms with Crippen molar-refractivity contribution in [3.63, 3.8) is 0 Å². The molecule has 0 saturated carbocycles. The molecule has 0 aliphatic heterocycles. The second-order valence-corrected chi connectivity index (χ2v) is 2.58. The molecule has 0 saturated heterocycles. The van der Waals surface area contributed by atoms with Crippen LogP contribution in [0.4, 0.5) is 0 Å². The van der Waals surface area contributed by atoms with Gasteiger partial charge in [-0.1, -0.05) is 18.2 Å². The molecule has 0 fully saturated rings. The lowest BCUT2D eigenvalue weighted by Crippen LogP contribution is -1.86. The van der Waals surface area contributed by atoms with Crippen molar-refractivity contribution in [1.82, 2.24) is 0 Å². The summed E-state index contributed by atoms with van der Waals surface area (Å²) in [7, 11) is 0. The van der Waals surface area contributed by atoms with E-state index in [4.69, 9.17) is 0 Å². The molecule has 0 radical (unpaired) electrons. The fourth-order valence-electron chi connectivity index (χ4n) is 0.736. The zero-order valence-electron chi connectivity index (χ0n) is 7.18. The molecule has 0 N–H and O–H groups in total. The van der Waals surface area contributed by atoms with Crippen LogP contribution in [0.2, 0.25) is 0 Å². The maximum absolute atomic E-state index is 10.5. The van der Waals surface area contributed by atoms with E-state index in [-0.39, 0.29) is 5.78 Å². The summed E-state index contributed by atoms with van der Waals surface area (Å²) in [4.78, 5) is 10.5. The van der Waals surface area contributed by atoms with Crippen LogP contribution in [-0.2, 0) is 4.79 Å². The number of hydrogen-bond donors (Lipinski definition) is 0. The van der Waals surface area contributed by atoms with Gasteiger partial charge in [0.05, 0.1) is 0 Å². The van der Waals surface area contributed by atoms with Crippen LogP contribution in [0.3, 0.4) is 0 Å². The summed E-state index contributed by atoms with van der Waals surface area (Å²) in [5, 5.41) is 0. The predicted octanol–water partition coefficient (Wildman–Crippen LogP) is 2.88. The molecule has 0 aliphatic carbocycles. The Balaban J connectivity index is 3.16. The number of ketones is 1. The second kappa shape index (κ2) is 7.26. The standard InChI is InChI=1S/C10H16O/c1-3-4-5-6-7-8-9-10(2)11/h3,6-7H,1,4-5,8-9H2,2H3/b7-6-. The fourth-order valence-corrected chi connectivity index (χ4v) is 0.736. The van der Waals surface area contributed by atoms with Crippen molar-refractivity contribution < 1.29 is 4.79 Å². The third-order valence-corrected chi connectivity index (χ3v) is 1.37. The third kappa shape index (κ3) is 9.15. The lowest BCUT2D eigenvalue weighted by molar-refractivity contribution is -0.116. The van der Waals surface area contributed by atoms with Crippen LogP contribution in [0.1, 0.15) is 32.6 Å². The number of carbonyl (C=O) groups is 1. The molecule has 11 heavy (non-hydrogen) atoms. The van der Waals surface area contributed by atoms with E-state index in [2.05, 4.69) is 18.7 Å². The summed E-state index contributed by atoms with van der Waals surface area (Å²) >= 11 is 0. The highest BCUT2D eigenvalue weighted by Gasteiger charge is 1.87. The smallest absolute Gasteiger partial charge is 0.130 e. The molecule has 62 valence electrons. The van der Waals surface area contributed by atoms with E-state index < -0.39 is 0 Å². The molecule has 0 rings (SSSR count). The van der Waals surface area contributed by atoms with E-state index in [1.165, 1.54) is 0 Å². The van der Waals surface area contributed by atoms with E-state index in [1.807, 2.05) is 6.08 Å². The molecule has 0 bridgehead atoms. The predicted molar refractivity (Wildman–Crippen MR) is 48.5 cm³/mol. The summed E-state index contributed by atoms with van der Waals surface area (Å²) in [6, 6.07) is 0. The highest BCUT2D eigenvalue weighted by Crippen LogP contribution is 1.96. The van der Waals surface area contributed by atoms with Crippen LogP contribution >= 0.6 is 0 Å². The van der Waals surface area contributed by atoms with Gasteiger partial charge in [0.1, 0.15) is 5.78 Å². The molecule has 0 unspecified atom stereocenters. The SMILES string of the molecule is C=CCC/C=C\CCC(C)=O. The number of rotatable bonds is 6. The van der Waals surface area contributed by atoms with Crippen molar-refractivity contribution in [2.75, 3.05) is 0 Å². The van der Waals surface area contributed by atoms with Gasteiger partial charge in [-0.05, 0) is 26.2 Å². The average Bonchev–Trinajstić information content (AvgIpc) is 1.96. The van der Waals surface area contributed by atoms with Gasteiger partial charge in [-0.2, -0.15) is 0 Å². The summed E-state index contributed by atoms with van der Waals surface area (Å²) in [6.45, 7) is 5.24. The van der Waals surface area contributed by atoms with Crippen molar-refractivity contribution in [2.24, 2.45) is 0 Å². The number of allylic oxidation sites excluding steroid dienone is 3. The summed E-state index contributed by atoms with van der Waals surface area (Å²) in [6.07, 6.45) is 9.68. The van der Waals surface area contributed by atoms with E-state index in [9.17, 15) is 4.79 Å². The van der Waals surface area contributed by atoms with Gasteiger partial charge < -0.3 is 4.79 Å². The highest BCUT2D eigenvalue weighted by atomic mass is 16.1. The summed E-state index contributed by atoms with van der Waals surface area (Å²) < 4.78 is 0. The monoisotopic (exact) mass is 152 g/mol. The Morgan fingerprint density at radius 2 is 1.91 bits per heavy atom. The molecule has 0 spiro atoms. The van der Waals surface area contributed by atoms with Gasteiger partial charge in [0.25, 0.3) is 0 Å². The summed E-state index contributed by atoms with van der Waals surface area (Å²) in [5.74, 6) is 0.262. The minimum Gasteiger partial charge on any atom is -0.300 e. The molecule has 1 heteroatoms. The molecule has 1 nitrogen and oxygen atoms in total. The minimum absolute atomic E-state index is 0.262. The third-order valence-electron chi connectivity index (χ3n) is 1.37. The molecule has 0 aromatic heterocycles. The van der Waals surface area contributed by atoms with E-state index >= 15 is 0 Å². The van der Waals surface area contributed by atoms with E-state index in [0.29, 0.717) is 6.42 Å². The maximum Gasteiger partial charge on any atom is 0.130 e. The lowest BCUT2D eigenvalue weighted by Gasteiger charge is -1.88. The normalized spacial score (nSPS) is 10.3. The quantitative estimate of drug-likeness (QED) is 0.422. The summed E-state index contributed by atoms with van der Waals surface area (Å²) in [5.41, 5.74) is 0. The van der Waals surface area contributed by atoms with Crippen LogP contribution in [-0.4, -0.2) is 5.78 Å². The van der Waals surface area contributed by atoms with Gasteiger partial charge in [0.15, 0.2) is 0 Å². The molecular weight excluding hydrogens is 136 g/mol. The van der Waals surface area contributed by atoms with Gasteiger partial charge in [-0.3, -0.25) is 0 Å². The van der Waals surface area contributed by atoms with Crippen LogP contribution < -0.4 is 0 Å². The van der Waals surface area contributed by atoms with Crippen molar-refractivity contribution in [2.45, 2.75) is 32.6 Å². The molecule has 0 atom stereocenters. The van der Waals surface area contributed by atoms with Crippen molar-refractivity contribution in [3.05, 3.63) is 24.8 Å². The van der Waals surface area contributed by atoms with Gasteiger partial charge >= 0.3 is 0 Å². The largest absolute Gasteiger partial charge is 0.300 e. The van der Waals surface area contributed by atoms with Gasteiger partial charge in [0, 0.05) is 6.42 Å². The molecule has 0 aromatic carbocycles. The second-order valence-electron chi connectivity index (χ2n) is 2.58. The Bertz CT molecular complexity index is 145. The number of unbranched alkanes of at least 4 members (excludes halogenated alkanes) is 1. The highest BCUT2D eigenvalue weighted by molar-refractivity contribution is 5.75. The van der Waals surface area contributed by atoms with Crippen LogP contribution in [0.5, 0.6) is 0 Å². The first kappa shape index (κ1) is 10.2. The van der Waals surface area contributed by atoms with Crippen molar-refractivity contribution in [1.29, 1.82) is 0 Å². The zero-order chi connectivity index (χ0) is 8.53. The first-order chi connectivity index (χ1) is 5.27. The topological polar surface area (TPSA) is 17.1 Å². The van der Waals surface area contributed by atoms with Crippen molar-refractivity contribution >= 4 is 5.78 Å². The van der Waals surface area contributed by atoms with Gasteiger partial charge in [0.2, 0.25) is 0 Å². The molecule has 0 aliphatic rings. The van der Waals surface area contributed by atoms with Gasteiger partial charge in [-0.15, -0.1) is 6.58 Å². The number of carbonyl (C=O) groups excluding carboxylic acids is 1. The maximum atomic E-state index is 10.5. The van der Waals surface area contributed by atoms with E-state index in [1.54, 1.807) is 6.92 Å². The Hall–Kier alpha value is -0.850. The zero-order valence-corrected chi connectivity index (χ0v) is 7.18. The van der Waals surface area contributed by atoms with Crippen LogP contribution in [0, 0.1) is 0 Å².